The average Bonchev–Trinajstić information content (AvgIpc) is 3.36. The summed E-state index contributed by atoms with van der Waals surface area (Å²) in [6.45, 7) is 6.42. The first-order valence-corrected chi connectivity index (χ1v) is 22.4. The van der Waals surface area contributed by atoms with Crippen LogP contribution in [0.1, 0.15) is 77.9 Å². The molecule has 1 N–H and O–H groups in total. The maximum atomic E-state index is 9.95. The Morgan fingerprint density at radius 1 is 0.369 bits per heavy atom. The standard InChI is InChI=1S/C63H52N2/c1-46-40-47(2)59(48(3)41-46)45-65-61(50-25-23-39-58(43-50)63(54-32-16-7-17-33-54,55-34-18-8-19-35-55)56-36-20-9-21-37-56)44-60(64)49-24-22-38-57(42-49)62(51-26-10-4-11-27-51,52-28-12-5-13-29-52)53-30-14-6-15-31-53/h4-45,64H,1-3H3/b61-44-,64-60?,65-45?. The van der Waals surface area contributed by atoms with E-state index in [1.807, 2.05) is 18.4 Å². The lowest BCUT2D eigenvalue weighted by Gasteiger charge is -2.37. The minimum absolute atomic E-state index is 0.366. The Morgan fingerprint density at radius 3 is 1.03 bits per heavy atom. The Balaban J connectivity index is 1.25. The molecular formula is C63H52N2. The summed E-state index contributed by atoms with van der Waals surface area (Å²) >= 11 is 0. The van der Waals surface area contributed by atoms with Crippen molar-refractivity contribution in [2.24, 2.45) is 4.99 Å². The minimum Gasteiger partial charge on any atom is -0.300 e. The first-order chi connectivity index (χ1) is 31.9. The maximum absolute atomic E-state index is 9.95. The van der Waals surface area contributed by atoms with E-state index in [1.54, 1.807) is 0 Å². The second kappa shape index (κ2) is 18.8. The lowest BCUT2D eigenvalue weighted by atomic mass is 9.65. The zero-order valence-corrected chi connectivity index (χ0v) is 37.2. The van der Waals surface area contributed by atoms with Crippen molar-refractivity contribution in [3.8, 4) is 0 Å². The van der Waals surface area contributed by atoms with Crippen LogP contribution in [0.25, 0.3) is 5.70 Å². The number of allylic oxidation sites excluding steroid dienone is 1. The molecule has 0 amide bonds. The SMILES string of the molecule is Cc1cc(C)c(C=N/C(=C\C(=N)c2cccc(C(c3ccccc3)(c3ccccc3)c3ccccc3)c2)c2cccc(C(c3ccccc3)(c3ccccc3)c3ccccc3)c2)c(C)c1. The summed E-state index contributed by atoms with van der Waals surface area (Å²) in [5.74, 6) is 0. The van der Waals surface area contributed by atoms with Gasteiger partial charge < -0.3 is 5.41 Å². The van der Waals surface area contributed by atoms with Gasteiger partial charge in [0.15, 0.2) is 0 Å². The predicted molar refractivity (Wildman–Crippen MR) is 273 cm³/mol. The van der Waals surface area contributed by atoms with Gasteiger partial charge in [-0.25, -0.2) is 0 Å². The smallest absolute Gasteiger partial charge is 0.0723 e. The van der Waals surface area contributed by atoms with Gasteiger partial charge in [0.1, 0.15) is 0 Å². The molecule has 0 bridgehead atoms. The molecule has 0 fully saturated rings. The molecule has 0 aliphatic rings. The highest BCUT2D eigenvalue weighted by Gasteiger charge is 2.40. The molecule has 2 nitrogen and oxygen atoms in total. The lowest BCUT2D eigenvalue weighted by Crippen LogP contribution is -2.31. The Hall–Kier alpha value is -7.94. The summed E-state index contributed by atoms with van der Waals surface area (Å²) in [6.07, 6.45) is 3.93. The molecule has 0 saturated carbocycles. The van der Waals surface area contributed by atoms with Crippen molar-refractivity contribution in [2.75, 3.05) is 0 Å². The van der Waals surface area contributed by atoms with Gasteiger partial charge in [-0.15, -0.1) is 0 Å². The van der Waals surface area contributed by atoms with Crippen molar-refractivity contribution in [2.45, 2.75) is 31.6 Å². The van der Waals surface area contributed by atoms with Crippen LogP contribution in [0.4, 0.5) is 0 Å². The van der Waals surface area contributed by atoms with Gasteiger partial charge in [0.2, 0.25) is 0 Å². The van der Waals surface area contributed by atoms with Gasteiger partial charge >= 0.3 is 0 Å². The number of nitrogens with zero attached hydrogens (tertiary/aromatic N) is 1. The van der Waals surface area contributed by atoms with E-state index < -0.39 is 10.8 Å². The number of nitrogens with one attached hydrogen (secondary N) is 1. The fourth-order valence-electron chi connectivity index (χ4n) is 9.90. The highest BCUT2D eigenvalue weighted by molar-refractivity contribution is 6.11. The largest absolute Gasteiger partial charge is 0.300 e. The van der Waals surface area contributed by atoms with Crippen molar-refractivity contribution < 1.29 is 0 Å². The molecule has 9 aromatic carbocycles. The molecule has 0 atom stereocenters. The van der Waals surface area contributed by atoms with E-state index in [2.05, 4.69) is 257 Å². The third kappa shape index (κ3) is 8.23. The Morgan fingerprint density at radius 2 is 0.677 bits per heavy atom. The van der Waals surface area contributed by atoms with Crippen LogP contribution in [-0.4, -0.2) is 11.9 Å². The topological polar surface area (TPSA) is 36.2 Å². The van der Waals surface area contributed by atoms with Crippen LogP contribution >= 0.6 is 0 Å². The van der Waals surface area contributed by atoms with Crippen LogP contribution in [0.3, 0.4) is 0 Å². The summed E-state index contributed by atoms with van der Waals surface area (Å²) in [5, 5.41) is 9.95. The molecule has 65 heavy (non-hydrogen) atoms. The molecule has 0 radical (unpaired) electrons. The highest BCUT2D eigenvalue weighted by Crippen LogP contribution is 2.47. The third-order valence-corrected chi connectivity index (χ3v) is 12.8. The summed E-state index contributed by atoms with van der Waals surface area (Å²) in [5.41, 5.74) is 15.3. The normalized spacial score (nSPS) is 12.0. The van der Waals surface area contributed by atoms with Gasteiger partial charge in [0.25, 0.3) is 0 Å². The Kier molecular flexibility index (Phi) is 12.3. The van der Waals surface area contributed by atoms with Crippen molar-refractivity contribution >= 4 is 17.6 Å². The molecule has 0 saturated heterocycles. The summed E-state index contributed by atoms with van der Waals surface area (Å²) in [7, 11) is 0. The summed E-state index contributed by atoms with van der Waals surface area (Å²) in [6, 6.07) is 86.3. The van der Waals surface area contributed by atoms with E-state index in [-0.39, 0.29) is 0 Å². The highest BCUT2D eigenvalue weighted by atomic mass is 14.7. The summed E-state index contributed by atoms with van der Waals surface area (Å²) in [4.78, 5) is 5.33. The Labute approximate surface area is 384 Å². The lowest BCUT2D eigenvalue weighted by molar-refractivity contribution is 0.744. The van der Waals surface area contributed by atoms with E-state index in [0.29, 0.717) is 11.4 Å². The zero-order valence-electron chi connectivity index (χ0n) is 37.2. The van der Waals surface area contributed by atoms with E-state index in [9.17, 15) is 5.41 Å². The van der Waals surface area contributed by atoms with Crippen molar-refractivity contribution in [1.29, 1.82) is 5.41 Å². The van der Waals surface area contributed by atoms with Crippen LogP contribution in [0.2, 0.25) is 0 Å². The number of benzene rings is 9. The van der Waals surface area contributed by atoms with Crippen molar-refractivity contribution in [1.82, 2.24) is 0 Å². The number of hydrogen-bond donors (Lipinski definition) is 1. The molecule has 0 spiro atoms. The molecule has 9 aromatic rings. The van der Waals surface area contributed by atoms with Gasteiger partial charge in [-0.3, -0.25) is 4.99 Å². The molecule has 0 unspecified atom stereocenters. The van der Waals surface area contributed by atoms with E-state index in [4.69, 9.17) is 4.99 Å². The quantitative estimate of drug-likeness (QED) is 0.0887. The van der Waals surface area contributed by atoms with Crippen LogP contribution in [0.15, 0.2) is 254 Å². The van der Waals surface area contributed by atoms with Crippen LogP contribution in [-0.2, 0) is 10.8 Å². The first-order valence-electron chi connectivity index (χ1n) is 22.4. The average molecular weight is 837 g/mol. The van der Waals surface area contributed by atoms with Crippen molar-refractivity contribution in [3.63, 3.8) is 0 Å². The van der Waals surface area contributed by atoms with Gasteiger partial charge in [-0.2, -0.15) is 0 Å². The van der Waals surface area contributed by atoms with Gasteiger partial charge in [0.05, 0.1) is 22.2 Å². The fraction of sp³-hybridized carbons (Fsp3) is 0.0794. The maximum Gasteiger partial charge on any atom is 0.0723 e. The van der Waals surface area contributed by atoms with Gasteiger partial charge in [0, 0.05) is 11.8 Å². The molecule has 9 rings (SSSR count). The third-order valence-electron chi connectivity index (χ3n) is 12.8. The zero-order chi connectivity index (χ0) is 44.6. The number of rotatable bonds is 13. The van der Waals surface area contributed by atoms with Crippen LogP contribution in [0.5, 0.6) is 0 Å². The van der Waals surface area contributed by atoms with E-state index in [1.165, 1.54) is 5.56 Å². The first kappa shape index (κ1) is 42.4. The molecular weight excluding hydrogens is 785 g/mol. The molecule has 0 heterocycles. The molecule has 2 heteroatoms. The Bertz CT molecular complexity index is 2880. The number of aryl methyl sites for hydroxylation is 3. The van der Waals surface area contributed by atoms with Gasteiger partial charge in [-0.1, -0.05) is 236 Å². The molecule has 0 aliphatic carbocycles. The minimum atomic E-state index is -0.644. The monoisotopic (exact) mass is 836 g/mol. The number of hydrogen-bond acceptors (Lipinski definition) is 2. The second-order valence-electron chi connectivity index (χ2n) is 16.9. The molecule has 0 aliphatic heterocycles. The molecule has 314 valence electrons. The van der Waals surface area contributed by atoms with Crippen LogP contribution < -0.4 is 0 Å². The molecule has 0 aromatic heterocycles. The van der Waals surface area contributed by atoms with Gasteiger partial charge in [-0.05, 0) is 106 Å². The van der Waals surface area contributed by atoms with Crippen LogP contribution in [0, 0.1) is 26.2 Å². The van der Waals surface area contributed by atoms with E-state index in [0.717, 1.165) is 72.3 Å². The predicted octanol–water partition coefficient (Wildman–Crippen LogP) is 14.9. The fourth-order valence-corrected chi connectivity index (χ4v) is 9.90. The van der Waals surface area contributed by atoms with E-state index >= 15 is 0 Å². The second-order valence-corrected chi connectivity index (χ2v) is 16.9. The van der Waals surface area contributed by atoms with Crippen molar-refractivity contribution in [3.05, 3.63) is 327 Å². The number of aliphatic imine (C=N–C) groups is 1. The summed E-state index contributed by atoms with van der Waals surface area (Å²) < 4.78 is 0.